The average Bonchev–Trinajstić information content (AvgIpc) is 3.30. The third-order valence-corrected chi connectivity index (χ3v) is 5.50. The van der Waals surface area contributed by atoms with Crippen molar-refractivity contribution in [1.82, 2.24) is 28.9 Å². The van der Waals surface area contributed by atoms with E-state index in [1.807, 2.05) is 11.5 Å². The highest BCUT2D eigenvalue weighted by Gasteiger charge is 2.25. The van der Waals surface area contributed by atoms with Crippen molar-refractivity contribution in [2.75, 3.05) is 7.11 Å². The smallest absolute Gasteiger partial charge is 0.339 e. The van der Waals surface area contributed by atoms with Crippen LogP contribution in [0.25, 0.3) is 11.2 Å². The molecule has 3 aromatic rings. The van der Waals surface area contributed by atoms with Crippen LogP contribution in [-0.2, 0) is 17.8 Å². The highest BCUT2D eigenvalue weighted by atomic mass is 16.5. The van der Waals surface area contributed by atoms with Crippen molar-refractivity contribution in [3.8, 4) is 0 Å². The Kier molecular flexibility index (Phi) is 4.97. The lowest BCUT2D eigenvalue weighted by Gasteiger charge is -2.22. The van der Waals surface area contributed by atoms with Crippen molar-refractivity contribution >= 4 is 17.1 Å². The number of ether oxygens (including phenoxy) is 1. The lowest BCUT2D eigenvalue weighted by atomic mass is 9.95. The van der Waals surface area contributed by atoms with Gasteiger partial charge < -0.3 is 9.30 Å². The Morgan fingerprint density at radius 2 is 2.07 bits per heavy atom. The molecular weight excluding hydrogens is 360 g/mol. The highest BCUT2D eigenvalue weighted by molar-refractivity contribution is 5.92. The maximum absolute atomic E-state index is 13.4. The number of esters is 1. The predicted molar refractivity (Wildman–Crippen MR) is 102 cm³/mol. The largest absolute Gasteiger partial charge is 0.465 e. The van der Waals surface area contributed by atoms with Gasteiger partial charge in [-0.2, -0.15) is 0 Å². The number of pyridine rings is 1. The van der Waals surface area contributed by atoms with E-state index in [-0.39, 0.29) is 18.3 Å². The summed E-state index contributed by atoms with van der Waals surface area (Å²) < 4.78 is 10.2. The van der Waals surface area contributed by atoms with E-state index in [1.165, 1.54) is 19.7 Å². The van der Waals surface area contributed by atoms with Gasteiger partial charge in [-0.25, -0.2) is 14.6 Å². The van der Waals surface area contributed by atoms with Crippen LogP contribution in [0.1, 0.15) is 61.3 Å². The molecule has 0 aliphatic heterocycles. The van der Waals surface area contributed by atoms with Crippen LogP contribution in [-0.4, -0.2) is 42.0 Å². The van der Waals surface area contributed by atoms with Gasteiger partial charge in [-0.1, -0.05) is 19.3 Å². The van der Waals surface area contributed by atoms with Crippen molar-refractivity contribution < 1.29 is 9.53 Å². The number of hydrogen-bond acceptors (Lipinski definition) is 6. The van der Waals surface area contributed by atoms with E-state index in [0.29, 0.717) is 29.1 Å². The van der Waals surface area contributed by atoms with Gasteiger partial charge in [0.15, 0.2) is 11.5 Å². The minimum atomic E-state index is -0.476. The van der Waals surface area contributed by atoms with Gasteiger partial charge in [0.05, 0.1) is 24.7 Å². The van der Waals surface area contributed by atoms with E-state index in [2.05, 4.69) is 15.2 Å². The summed E-state index contributed by atoms with van der Waals surface area (Å²) in [5.74, 6) is 0.214. The van der Waals surface area contributed by atoms with E-state index >= 15 is 0 Å². The highest BCUT2D eigenvalue weighted by Crippen LogP contribution is 2.29. The molecule has 0 N–H and O–H groups in total. The first-order valence-corrected chi connectivity index (χ1v) is 9.69. The summed E-state index contributed by atoms with van der Waals surface area (Å²) in [7, 11) is 1.33. The minimum absolute atomic E-state index is 0.123. The zero-order valence-electron chi connectivity index (χ0n) is 16.2. The molecule has 9 heteroatoms. The van der Waals surface area contributed by atoms with Crippen LogP contribution >= 0.6 is 0 Å². The normalized spacial score (nSPS) is 15.2. The van der Waals surface area contributed by atoms with E-state index < -0.39 is 5.97 Å². The van der Waals surface area contributed by atoms with Gasteiger partial charge in [0.2, 0.25) is 0 Å². The van der Waals surface area contributed by atoms with Crippen LogP contribution in [0.4, 0.5) is 0 Å². The Labute approximate surface area is 162 Å². The van der Waals surface area contributed by atoms with Gasteiger partial charge in [-0.15, -0.1) is 10.2 Å². The molecule has 4 rings (SSSR count). The maximum Gasteiger partial charge on any atom is 0.339 e. The van der Waals surface area contributed by atoms with Gasteiger partial charge in [0, 0.05) is 18.8 Å². The van der Waals surface area contributed by atoms with Crippen LogP contribution in [0.5, 0.6) is 0 Å². The SMILES string of the molecule is CCn1cnnc1Cn1c(=O)n(C2CCCCC2)c2ncc(C(=O)OC)cc21. The average molecular weight is 384 g/mol. The molecule has 0 bridgehead atoms. The zero-order valence-corrected chi connectivity index (χ0v) is 16.2. The fourth-order valence-electron chi connectivity index (χ4n) is 4.01. The number of nitrogens with zero attached hydrogens (tertiary/aromatic N) is 6. The molecule has 0 aromatic carbocycles. The van der Waals surface area contributed by atoms with E-state index in [9.17, 15) is 9.59 Å². The quantitative estimate of drug-likeness (QED) is 0.625. The minimum Gasteiger partial charge on any atom is -0.465 e. The summed E-state index contributed by atoms with van der Waals surface area (Å²) in [5.41, 5.74) is 1.42. The Morgan fingerprint density at radius 1 is 1.29 bits per heavy atom. The molecule has 3 heterocycles. The second kappa shape index (κ2) is 7.57. The molecule has 1 aliphatic carbocycles. The topological polar surface area (TPSA) is 96.8 Å². The third-order valence-electron chi connectivity index (χ3n) is 5.50. The standard InChI is InChI=1S/C19H24N6O3/c1-3-23-12-21-22-16(23)11-24-15-9-13(18(26)28-2)10-20-17(15)25(19(24)27)14-7-5-4-6-8-14/h9-10,12,14H,3-8,11H2,1-2H3. The lowest BCUT2D eigenvalue weighted by Crippen LogP contribution is -2.29. The summed E-state index contributed by atoms with van der Waals surface area (Å²) in [6, 6.07) is 1.81. The van der Waals surface area contributed by atoms with Crippen molar-refractivity contribution in [3.63, 3.8) is 0 Å². The molecule has 3 aromatic heterocycles. The summed E-state index contributed by atoms with van der Waals surface area (Å²) in [6.45, 7) is 2.98. The lowest BCUT2D eigenvalue weighted by molar-refractivity contribution is 0.0600. The number of imidazole rings is 1. The van der Waals surface area contributed by atoms with Crippen LogP contribution in [0.15, 0.2) is 23.4 Å². The number of hydrogen-bond donors (Lipinski definition) is 0. The fraction of sp³-hybridized carbons (Fsp3) is 0.526. The molecule has 1 saturated carbocycles. The summed E-state index contributed by atoms with van der Waals surface area (Å²) in [4.78, 5) is 29.9. The van der Waals surface area contributed by atoms with Crippen molar-refractivity contribution in [2.24, 2.45) is 0 Å². The van der Waals surface area contributed by atoms with Gasteiger partial charge in [-0.3, -0.25) is 9.13 Å². The Balaban J connectivity index is 1.89. The molecule has 1 aliphatic rings. The van der Waals surface area contributed by atoms with Gasteiger partial charge in [0.25, 0.3) is 0 Å². The number of rotatable bonds is 5. The number of carbonyl (C=O) groups is 1. The molecule has 0 amide bonds. The Bertz CT molecular complexity index is 1060. The van der Waals surface area contributed by atoms with E-state index in [4.69, 9.17) is 4.74 Å². The van der Waals surface area contributed by atoms with E-state index in [0.717, 1.165) is 25.7 Å². The molecule has 1 fully saturated rings. The predicted octanol–water partition coefficient (Wildman–Crippen LogP) is 2.15. The molecular formula is C19H24N6O3. The van der Waals surface area contributed by atoms with Crippen molar-refractivity contribution in [2.45, 2.75) is 58.2 Å². The number of methoxy groups -OCH3 is 1. The Morgan fingerprint density at radius 3 is 2.79 bits per heavy atom. The molecule has 0 radical (unpaired) electrons. The monoisotopic (exact) mass is 384 g/mol. The number of carbonyl (C=O) groups excluding carboxylic acids is 1. The number of aryl methyl sites for hydroxylation is 1. The zero-order chi connectivity index (χ0) is 19.7. The first kappa shape index (κ1) is 18.4. The summed E-state index contributed by atoms with van der Waals surface area (Å²) in [5, 5.41) is 8.11. The molecule has 0 atom stereocenters. The number of fused-ring (bicyclic) bond motifs is 1. The first-order valence-electron chi connectivity index (χ1n) is 9.69. The van der Waals surface area contributed by atoms with Crippen molar-refractivity contribution in [1.29, 1.82) is 0 Å². The molecule has 148 valence electrons. The van der Waals surface area contributed by atoms with Gasteiger partial charge in [0.1, 0.15) is 6.33 Å². The first-order chi connectivity index (χ1) is 13.6. The third kappa shape index (κ3) is 3.10. The van der Waals surface area contributed by atoms with Crippen LogP contribution in [0, 0.1) is 0 Å². The van der Waals surface area contributed by atoms with Gasteiger partial charge >= 0.3 is 11.7 Å². The fourth-order valence-corrected chi connectivity index (χ4v) is 4.01. The summed E-state index contributed by atoms with van der Waals surface area (Å²) >= 11 is 0. The molecule has 0 spiro atoms. The second-order valence-corrected chi connectivity index (χ2v) is 7.12. The van der Waals surface area contributed by atoms with Gasteiger partial charge in [-0.05, 0) is 25.8 Å². The van der Waals surface area contributed by atoms with E-state index in [1.54, 1.807) is 21.5 Å². The van der Waals surface area contributed by atoms with Crippen LogP contribution in [0.3, 0.4) is 0 Å². The molecule has 0 unspecified atom stereocenters. The van der Waals surface area contributed by atoms with Crippen molar-refractivity contribution in [3.05, 3.63) is 40.5 Å². The number of aromatic nitrogens is 6. The second-order valence-electron chi connectivity index (χ2n) is 7.12. The molecule has 28 heavy (non-hydrogen) atoms. The molecule has 0 saturated heterocycles. The Hall–Kier alpha value is -2.97. The summed E-state index contributed by atoms with van der Waals surface area (Å²) in [6.07, 6.45) is 8.46. The van der Waals surface area contributed by atoms with Crippen LogP contribution < -0.4 is 5.69 Å². The maximum atomic E-state index is 13.4. The molecule has 9 nitrogen and oxygen atoms in total. The van der Waals surface area contributed by atoms with Crippen LogP contribution in [0.2, 0.25) is 0 Å².